The van der Waals surface area contributed by atoms with Crippen LogP contribution in [0.2, 0.25) is 0 Å². The van der Waals surface area contributed by atoms with Gasteiger partial charge < -0.3 is 14.2 Å². The van der Waals surface area contributed by atoms with E-state index < -0.39 is 11.7 Å². The predicted molar refractivity (Wildman–Crippen MR) is 125 cm³/mol. The van der Waals surface area contributed by atoms with E-state index in [0.29, 0.717) is 43.0 Å². The number of ether oxygens (including phenoxy) is 3. The van der Waals surface area contributed by atoms with Crippen molar-refractivity contribution in [2.24, 2.45) is 5.92 Å². The summed E-state index contributed by atoms with van der Waals surface area (Å²) in [5.74, 6) is 1.44. The molecule has 0 atom stereocenters. The molecular weight excluding hydrogens is 476 g/mol. The topological polar surface area (TPSA) is 78.2 Å². The van der Waals surface area contributed by atoms with Gasteiger partial charge in [-0.3, -0.25) is 4.90 Å². The lowest BCUT2D eigenvalue weighted by Gasteiger charge is -2.32. The zero-order valence-corrected chi connectivity index (χ0v) is 20.8. The van der Waals surface area contributed by atoms with Crippen LogP contribution in [0.3, 0.4) is 0 Å². The molecule has 2 aromatic rings. The zero-order chi connectivity index (χ0) is 22.7. The van der Waals surface area contributed by atoms with Gasteiger partial charge in [0.25, 0.3) is 0 Å². The number of aromatic nitrogens is 3. The Balaban J connectivity index is 1.70. The molecule has 2 aromatic heterocycles. The second-order valence-corrected chi connectivity index (χ2v) is 10.6. The van der Waals surface area contributed by atoms with Gasteiger partial charge in [0.2, 0.25) is 5.88 Å². The summed E-state index contributed by atoms with van der Waals surface area (Å²) < 4.78 is 20.0. The Hall–Kier alpha value is -1.87. The van der Waals surface area contributed by atoms with Crippen LogP contribution in [0.25, 0.3) is 5.65 Å². The number of fused-ring (bicyclic) bond motifs is 1. The van der Waals surface area contributed by atoms with Crippen molar-refractivity contribution < 1.29 is 19.0 Å². The number of amides is 1. The first-order valence-electron chi connectivity index (χ1n) is 11.6. The van der Waals surface area contributed by atoms with Crippen molar-refractivity contribution in [1.82, 2.24) is 14.6 Å². The lowest BCUT2D eigenvalue weighted by atomic mass is 9.98. The van der Waals surface area contributed by atoms with Gasteiger partial charge in [-0.25, -0.2) is 4.79 Å². The summed E-state index contributed by atoms with van der Waals surface area (Å²) in [6.45, 7) is 7.58. The van der Waals surface area contributed by atoms with Crippen LogP contribution in [0.15, 0.2) is 16.7 Å². The molecule has 2 fully saturated rings. The van der Waals surface area contributed by atoms with Crippen LogP contribution in [0.4, 0.5) is 10.6 Å². The van der Waals surface area contributed by atoms with Gasteiger partial charge in [0.1, 0.15) is 17.5 Å². The average Bonchev–Trinajstić information content (AvgIpc) is 3.13. The standard InChI is InChI=1S/C23H33BrN4O4/c1-23(2,3)32-22(29)27(15-16-9-11-30-12-10-16)20-13-19(31-17-7-5-4-6-8-17)26-21-18(24)14-25-28(20)21/h13-14,16-17H,4-12,15H2,1-3H3. The summed E-state index contributed by atoms with van der Waals surface area (Å²) in [5, 5.41) is 4.48. The van der Waals surface area contributed by atoms with E-state index in [9.17, 15) is 4.79 Å². The molecule has 1 aliphatic carbocycles. The van der Waals surface area contributed by atoms with Crippen LogP contribution in [-0.4, -0.2) is 52.2 Å². The summed E-state index contributed by atoms with van der Waals surface area (Å²) in [7, 11) is 0. The van der Waals surface area contributed by atoms with Gasteiger partial charge in [0.15, 0.2) is 5.65 Å². The van der Waals surface area contributed by atoms with Crippen molar-refractivity contribution in [3.8, 4) is 5.88 Å². The Morgan fingerprint density at radius 3 is 2.62 bits per heavy atom. The molecule has 176 valence electrons. The number of anilines is 1. The summed E-state index contributed by atoms with van der Waals surface area (Å²) in [5.41, 5.74) is 0.0114. The fraction of sp³-hybridized carbons (Fsp3) is 0.696. The van der Waals surface area contributed by atoms with Crippen molar-refractivity contribution >= 4 is 33.5 Å². The Kier molecular flexibility index (Phi) is 7.24. The first-order valence-corrected chi connectivity index (χ1v) is 12.4. The van der Waals surface area contributed by atoms with E-state index in [1.807, 2.05) is 26.8 Å². The highest BCUT2D eigenvalue weighted by Crippen LogP contribution is 2.31. The first-order chi connectivity index (χ1) is 15.3. The van der Waals surface area contributed by atoms with Crippen molar-refractivity contribution in [3.05, 3.63) is 16.7 Å². The third kappa shape index (κ3) is 5.73. The van der Waals surface area contributed by atoms with E-state index in [4.69, 9.17) is 14.2 Å². The highest BCUT2D eigenvalue weighted by molar-refractivity contribution is 9.10. The molecule has 1 aliphatic heterocycles. The molecule has 3 heterocycles. The molecule has 1 saturated heterocycles. The number of hydrogen-bond acceptors (Lipinski definition) is 6. The van der Waals surface area contributed by atoms with Crippen molar-refractivity contribution in [2.75, 3.05) is 24.7 Å². The molecule has 0 unspecified atom stereocenters. The Labute approximate surface area is 197 Å². The van der Waals surface area contributed by atoms with Gasteiger partial charge in [-0.2, -0.15) is 14.6 Å². The minimum Gasteiger partial charge on any atom is -0.474 e. The van der Waals surface area contributed by atoms with Crippen LogP contribution < -0.4 is 9.64 Å². The SMILES string of the molecule is CC(C)(C)OC(=O)N(CC1CCOCC1)c1cc(OC2CCCCC2)nc2c(Br)cnn12. The third-order valence-electron chi connectivity index (χ3n) is 5.90. The monoisotopic (exact) mass is 508 g/mol. The first kappa shape index (κ1) is 23.3. The summed E-state index contributed by atoms with van der Waals surface area (Å²) >= 11 is 3.54. The number of rotatable bonds is 5. The van der Waals surface area contributed by atoms with E-state index in [2.05, 4.69) is 26.0 Å². The Bertz CT molecular complexity index is 930. The lowest BCUT2D eigenvalue weighted by molar-refractivity contribution is 0.0512. The normalized spacial score (nSPS) is 18.6. The maximum atomic E-state index is 13.3. The molecule has 0 N–H and O–H groups in total. The van der Waals surface area contributed by atoms with E-state index in [1.54, 1.807) is 15.6 Å². The summed E-state index contributed by atoms with van der Waals surface area (Å²) in [6, 6.07) is 1.82. The van der Waals surface area contributed by atoms with E-state index in [-0.39, 0.29) is 6.10 Å². The van der Waals surface area contributed by atoms with Gasteiger partial charge in [-0.15, -0.1) is 0 Å². The highest BCUT2D eigenvalue weighted by Gasteiger charge is 2.30. The lowest BCUT2D eigenvalue weighted by Crippen LogP contribution is -2.42. The predicted octanol–water partition coefficient (Wildman–Crippen LogP) is 5.37. The zero-order valence-electron chi connectivity index (χ0n) is 19.2. The maximum absolute atomic E-state index is 13.3. The molecule has 0 bridgehead atoms. The molecule has 0 radical (unpaired) electrons. The Morgan fingerprint density at radius 2 is 1.94 bits per heavy atom. The fourth-order valence-corrected chi connectivity index (χ4v) is 4.62. The second kappa shape index (κ2) is 9.95. The van der Waals surface area contributed by atoms with Crippen LogP contribution in [-0.2, 0) is 9.47 Å². The van der Waals surface area contributed by atoms with E-state index >= 15 is 0 Å². The van der Waals surface area contributed by atoms with Gasteiger partial charge in [-0.05, 0) is 81.1 Å². The molecule has 0 aromatic carbocycles. The van der Waals surface area contributed by atoms with E-state index in [0.717, 1.165) is 30.2 Å². The molecule has 32 heavy (non-hydrogen) atoms. The molecule has 2 aliphatic rings. The summed E-state index contributed by atoms with van der Waals surface area (Å²) in [6.07, 6.45) is 8.91. The van der Waals surface area contributed by atoms with Crippen molar-refractivity contribution in [1.29, 1.82) is 0 Å². The highest BCUT2D eigenvalue weighted by atomic mass is 79.9. The van der Waals surface area contributed by atoms with Crippen molar-refractivity contribution in [3.63, 3.8) is 0 Å². The molecule has 9 heteroatoms. The second-order valence-electron chi connectivity index (χ2n) is 9.71. The van der Waals surface area contributed by atoms with Gasteiger partial charge in [0, 0.05) is 25.8 Å². The van der Waals surface area contributed by atoms with Crippen LogP contribution in [0.5, 0.6) is 5.88 Å². The quantitative estimate of drug-likeness (QED) is 0.539. The number of halogens is 1. The van der Waals surface area contributed by atoms with Crippen molar-refractivity contribution in [2.45, 2.75) is 77.4 Å². The van der Waals surface area contributed by atoms with Gasteiger partial charge in [0.05, 0.1) is 10.7 Å². The average molecular weight is 509 g/mol. The number of nitrogens with zero attached hydrogens (tertiary/aromatic N) is 4. The van der Waals surface area contributed by atoms with Gasteiger partial charge >= 0.3 is 6.09 Å². The molecule has 4 rings (SSSR count). The largest absolute Gasteiger partial charge is 0.474 e. The third-order valence-corrected chi connectivity index (χ3v) is 6.46. The van der Waals surface area contributed by atoms with Gasteiger partial charge in [-0.1, -0.05) is 6.42 Å². The number of carbonyl (C=O) groups excluding carboxylic acids is 1. The molecule has 1 saturated carbocycles. The van der Waals surface area contributed by atoms with Crippen LogP contribution in [0.1, 0.15) is 65.7 Å². The minimum atomic E-state index is -0.608. The minimum absolute atomic E-state index is 0.152. The molecular formula is C23H33BrN4O4. The summed E-state index contributed by atoms with van der Waals surface area (Å²) in [4.78, 5) is 19.7. The van der Waals surface area contributed by atoms with Crippen LogP contribution in [0, 0.1) is 5.92 Å². The fourth-order valence-electron chi connectivity index (χ4n) is 4.27. The van der Waals surface area contributed by atoms with Crippen LogP contribution >= 0.6 is 15.9 Å². The molecule has 8 nitrogen and oxygen atoms in total. The molecule has 0 spiro atoms. The number of hydrogen-bond donors (Lipinski definition) is 0. The van der Waals surface area contributed by atoms with E-state index in [1.165, 1.54) is 19.3 Å². The Morgan fingerprint density at radius 1 is 1.22 bits per heavy atom. The molecule has 1 amide bonds. The smallest absolute Gasteiger partial charge is 0.416 e. The maximum Gasteiger partial charge on any atom is 0.416 e. The number of carbonyl (C=O) groups is 1.